The first-order chi connectivity index (χ1) is 14.0. The largest absolute Gasteiger partial charge is 0.475 e. The van der Waals surface area contributed by atoms with E-state index in [9.17, 15) is 4.79 Å². The molecule has 0 radical (unpaired) electrons. The second-order valence-corrected chi connectivity index (χ2v) is 7.80. The van der Waals surface area contributed by atoms with Crippen molar-refractivity contribution in [3.63, 3.8) is 0 Å². The van der Waals surface area contributed by atoms with Crippen molar-refractivity contribution in [1.82, 2.24) is 20.5 Å². The number of carbonyl (C=O) groups excluding carboxylic acids is 1. The fraction of sp³-hybridized carbons (Fsp3) is 0.476. The predicted octanol–water partition coefficient (Wildman–Crippen LogP) is 4.38. The smallest absolute Gasteiger partial charge is 0.411 e. The quantitative estimate of drug-likeness (QED) is 0.610. The summed E-state index contributed by atoms with van der Waals surface area (Å²) < 4.78 is 11.5. The molecule has 2 aliphatic rings. The third-order valence-corrected chi connectivity index (χ3v) is 5.39. The summed E-state index contributed by atoms with van der Waals surface area (Å²) in [5.41, 5.74) is 2.58. The number of nitrogens with zero attached hydrogens (tertiary/aromatic N) is 2. The second kappa shape index (κ2) is 8.55. The minimum absolute atomic E-state index is 0.00712. The van der Waals surface area contributed by atoms with Gasteiger partial charge in [-0.15, -0.1) is 0 Å². The minimum atomic E-state index is -0.421. The van der Waals surface area contributed by atoms with Gasteiger partial charge in [-0.05, 0) is 51.5 Å². The van der Waals surface area contributed by atoms with Gasteiger partial charge in [0.05, 0.1) is 6.10 Å². The zero-order chi connectivity index (χ0) is 20.2. The molecular formula is C21H27N5O3. The summed E-state index contributed by atoms with van der Waals surface area (Å²) in [4.78, 5) is 16.5. The van der Waals surface area contributed by atoms with E-state index in [-0.39, 0.29) is 12.2 Å². The number of amides is 1. The summed E-state index contributed by atoms with van der Waals surface area (Å²) in [5.74, 6) is 1.59. The van der Waals surface area contributed by atoms with Crippen LogP contribution in [0.3, 0.4) is 0 Å². The molecule has 4 rings (SSSR count). The van der Waals surface area contributed by atoms with Crippen LogP contribution in [0.25, 0.3) is 0 Å². The normalized spacial score (nSPS) is 25.5. The Morgan fingerprint density at radius 3 is 2.97 bits per heavy atom. The Hall–Kier alpha value is -3.03. The Balaban J connectivity index is 1.52. The number of alkyl carbamates (subject to hydrolysis) is 1. The van der Waals surface area contributed by atoms with E-state index >= 15 is 0 Å². The van der Waals surface area contributed by atoms with Crippen molar-refractivity contribution in [3.8, 4) is 5.88 Å². The van der Waals surface area contributed by atoms with Gasteiger partial charge in [-0.2, -0.15) is 5.10 Å². The molecule has 1 aliphatic heterocycles. The number of rotatable bonds is 0. The van der Waals surface area contributed by atoms with Crippen LogP contribution in [0.5, 0.6) is 5.88 Å². The van der Waals surface area contributed by atoms with Crippen molar-refractivity contribution in [1.29, 1.82) is 0 Å². The molecule has 6 bridgehead atoms. The standard InChI is InChI=1S/C21H27N5O3/c1-13-4-3-5-14(2)28-20-11-16(8-9-22-20)24-19-12-18(25-26-19)15-6-7-17(10-15)29-21(27)23-13/h8-9,11-12,14-15,17H,1,3-7,10H2,2H3,(H,23,27)(H2,24,25,26). The van der Waals surface area contributed by atoms with Gasteiger partial charge >= 0.3 is 6.09 Å². The molecule has 1 fully saturated rings. The number of carbonyl (C=O) groups is 1. The van der Waals surface area contributed by atoms with E-state index in [1.165, 1.54) is 0 Å². The predicted molar refractivity (Wildman–Crippen MR) is 109 cm³/mol. The maximum absolute atomic E-state index is 12.2. The van der Waals surface area contributed by atoms with E-state index in [2.05, 4.69) is 32.4 Å². The highest BCUT2D eigenvalue weighted by Gasteiger charge is 2.30. The molecule has 3 heterocycles. The number of allylic oxidation sites excluding steroid dienone is 1. The van der Waals surface area contributed by atoms with Crippen molar-refractivity contribution in [3.05, 3.63) is 42.4 Å². The van der Waals surface area contributed by atoms with Crippen LogP contribution in [0, 0.1) is 0 Å². The van der Waals surface area contributed by atoms with Crippen molar-refractivity contribution in [2.45, 2.75) is 63.6 Å². The molecule has 154 valence electrons. The Morgan fingerprint density at radius 2 is 2.07 bits per heavy atom. The fourth-order valence-corrected chi connectivity index (χ4v) is 3.89. The van der Waals surface area contributed by atoms with E-state index in [0.717, 1.165) is 49.3 Å². The number of nitrogens with one attached hydrogen (secondary N) is 3. The molecule has 1 amide bonds. The summed E-state index contributed by atoms with van der Waals surface area (Å²) in [5, 5.41) is 13.5. The van der Waals surface area contributed by atoms with Gasteiger partial charge in [0.15, 0.2) is 5.82 Å². The van der Waals surface area contributed by atoms with E-state index < -0.39 is 6.09 Å². The van der Waals surface area contributed by atoms with Crippen LogP contribution in [-0.2, 0) is 4.74 Å². The van der Waals surface area contributed by atoms with Gasteiger partial charge in [-0.25, -0.2) is 9.78 Å². The van der Waals surface area contributed by atoms with Crippen LogP contribution in [0.4, 0.5) is 16.3 Å². The first kappa shape index (κ1) is 19.3. The Labute approximate surface area is 170 Å². The molecule has 3 unspecified atom stereocenters. The number of hydrogen-bond acceptors (Lipinski definition) is 6. The Bertz CT molecular complexity index is 881. The molecule has 1 saturated carbocycles. The van der Waals surface area contributed by atoms with Gasteiger partial charge in [0.2, 0.25) is 5.88 Å². The molecule has 2 aromatic rings. The lowest BCUT2D eigenvalue weighted by Crippen LogP contribution is -2.27. The van der Waals surface area contributed by atoms with E-state index in [1.54, 1.807) is 6.20 Å². The molecule has 3 atom stereocenters. The molecular weight excluding hydrogens is 370 g/mol. The molecule has 8 nitrogen and oxygen atoms in total. The highest BCUT2D eigenvalue weighted by atomic mass is 16.6. The maximum atomic E-state index is 12.2. The van der Waals surface area contributed by atoms with Crippen molar-refractivity contribution in [2.24, 2.45) is 0 Å². The summed E-state index contributed by atoms with van der Waals surface area (Å²) in [6.45, 7) is 5.94. The Kier molecular flexibility index (Phi) is 5.69. The number of aromatic nitrogens is 3. The zero-order valence-corrected chi connectivity index (χ0v) is 16.6. The number of anilines is 2. The lowest BCUT2D eigenvalue weighted by molar-refractivity contribution is 0.102. The van der Waals surface area contributed by atoms with E-state index in [4.69, 9.17) is 9.47 Å². The van der Waals surface area contributed by atoms with Crippen LogP contribution < -0.4 is 15.4 Å². The number of fused-ring (bicyclic) bond motifs is 7. The van der Waals surface area contributed by atoms with Gasteiger partial charge in [0.25, 0.3) is 0 Å². The van der Waals surface area contributed by atoms with Gasteiger partial charge in [0, 0.05) is 41.3 Å². The van der Waals surface area contributed by atoms with Gasteiger partial charge < -0.3 is 14.8 Å². The van der Waals surface area contributed by atoms with Crippen LogP contribution >= 0.6 is 0 Å². The van der Waals surface area contributed by atoms with Crippen LogP contribution in [-0.4, -0.2) is 33.5 Å². The first-order valence-corrected chi connectivity index (χ1v) is 10.2. The number of aromatic amines is 1. The fourth-order valence-electron chi connectivity index (χ4n) is 3.89. The number of hydrogen-bond donors (Lipinski definition) is 3. The molecule has 8 heteroatoms. The van der Waals surface area contributed by atoms with Gasteiger partial charge in [-0.1, -0.05) is 6.58 Å². The molecule has 0 saturated heterocycles. The highest BCUT2D eigenvalue weighted by Crippen LogP contribution is 2.36. The number of H-pyrrole nitrogens is 1. The third-order valence-electron chi connectivity index (χ3n) is 5.39. The van der Waals surface area contributed by atoms with Crippen LogP contribution in [0.15, 0.2) is 36.7 Å². The lowest BCUT2D eigenvalue weighted by Gasteiger charge is -2.16. The summed E-state index contributed by atoms with van der Waals surface area (Å²) in [7, 11) is 0. The number of pyridine rings is 1. The molecule has 2 aromatic heterocycles. The van der Waals surface area contributed by atoms with Gasteiger partial charge in [0.1, 0.15) is 6.10 Å². The zero-order valence-electron chi connectivity index (χ0n) is 16.6. The van der Waals surface area contributed by atoms with Gasteiger partial charge in [-0.3, -0.25) is 10.4 Å². The first-order valence-electron chi connectivity index (χ1n) is 10.2. The third kappa shape index (κ3) is 5.07. The molecule has 0 aromatic carbocycles. The molecule has 29 heavy (non-hydrogen) atoms. The monoisotopic (exact) mass is 397 g/mol. The summed E-state index contributed by atoms with van der Waals surface area (Å²) in [6.07, 6.45) is 6.13. The summed E-state index contributed by atoms with van der Waals surface area (Å²) in [6, 6.07) is 5.76. The number of ether oxygens (including phenoxy) is 2. The SMILES string of the molecule is C=C1CCCC(C)Oc2cc(ccn2)Nc2cc([nH]n2)C2CCC(C2)OC(=O)N1. The van der Waals surface area contributed by atoms with E-state index in [1.807, 2.05) is 25.1 Å². The second-order valence-electron chi connectivity index (χ2n) is 7.80. The maximum Gasteiger partial charge on any atom is 0.411 e. The highest BCUT2D eigenvalue weighted by molar-refractivity contribution is 5.69. The van der Waals surface area contributed by atoms with Crippen LogP contribution in [0.1, 0.15) is 57.1 Å². The topological polar surface area (TPSA) is 101 Å². The summed E-state index contributed by atoms with van der Waals surface area (Å²) >= 11 is 0. The molecule has 0 spiro atoms. The average Bonchev–Trinajstić information content (AvgIpc) is 3.30. The Morgan fingerprint density at radius 1 is 1.17 bits per heavy atom. The van der Waals surface area contributed by atoms with Crippen molar-refractivity contribution in [2.75, 3.05) is 5.32 Å². The van der Waals surface area contributed by atoms with Crippen molar-refractivity contribution >= 4 is 17.6 Å². The van der Waals surface area contributed by atoms with Crippen LogP contribution in [0.2, 0.25) is 0 Å². The molecule has 1 aliphatic carbocycles. The van der Waals surface area contributed by atoms with E-state index in [0.29, 0.717) is 23.9 Å². The molecule has 3 N–H and O–H groups in total. The van der Waals surface area contributed by atoms with Crippen molar-refractivity contribution < 1.29 is 14.3 Å². The lowest BCUT2D eigenvalue weighted by atomic mass is 10.0. The average molecular weight is 397 g/mol. The minimum Gasteiger partial charge on any atom is -0.475 e.